The Labute approximate surface area is 136 Å². The SMILES string of the molecule is CCCNC1CCCCCCC1S(=O)c1cccc(Cl)c1. The maximum Gasteiger partial charge on any atom is 0.0577 e. The Balaban J connectivity index is 2.15. The maximum atomic E-state index is 13.0. The second-order valence-corrected chi connectivity index (χ2v) is 7.95. The van der Waals surface area contributed by atoms with E-state index >= 15 is 0 Å². The standard InChI is InChI=1S/C17H26ClNOS/c1-2-12-19-16-10-5-3-4-6-11-17(16)21(20)15-9-7-8-14(18)13-15/h7-9,13,16-17,19H,2-6,10-12H2,1H3. The summed E-state index contributed by atoms with van der Waals surface area (Å²) in [6.07, 6.45) is 8.29. The van der Waals surface area contributed by atoms with Crippen LogP contribution in [0.25, 0.3) is 0 Å². The highest BCUT2D eigenvalue weighted by Crippen LogP contribution is 2.26. The Morgan fingerprint density at radius 1 is 1.24 bits per heavy atom. The largest absolute Gasteiger partial charge is 0.313 e. The third kappa shape index (κ3) is 5.08. The summed E-state index contributed by atoms with van der Waals surface area (Å²) in [4.78, 5) is 0.872. The highest BCUT2D eigenvalue weighted by atomic mass is 35.5. The molecule has 1 N–H and O–H groups in total. The van der Waals surface area contributed by atoms with Crippen molar-refractivity contribution in [3.63, 3.8) is 0 Å². The van der Waals surface area contributed by atoms with Crippen molar-refractivity contribution in [2.24, 2.45) is 0 Å². The van der Waals surface area contributed by atoms with Crippen LogP contribution in [0.3, 0.4) is 0 Å². The van der Waals surface area contributed by atoms with Crippen molar-refractivity contribution in [3.05, 3.63) is 29.3 Å². The van der Waals surface area contributed by atoms with E-state index in [9.17, 15) is 4.21 Å². The molecule has 0 amide bonds. The fourth-order valence-corrected chi connectivity index (χ4v) is 5.01. The maximum absolute atomic E-state index is 13.0. The molecule has 2 rings (SSSR count). The minimum absolute atomic E-state index is 0.204. The summed E-state index contributed by atoms with van der Waals surface area (Å²) < 4.78 is 13.0. The van der Waals surface area contributed by atoms with E-state index in [0.717, 1.165) is 30.7 Å². The molecule has 1 aromatic carbocycles. The second kappa shape index (κ2) is 8.92. The molecule has 118 valence electrons. The summed E-state index contributed by atoms with van der Waals surface area (Å²) in [5, 5.41) is 4.50. The lowest BCUT2D eigenvalue weighted by molar-refractivity contribution is 0.395. The van der Waals surface area contributed by atoms with Crippen molar-refractivity contribution in [2.75, 3.05) is 6.54 Å². The van der Waals surface area contributed by atoms with Gasteiger partial charge in [0.05, 0.1) is 16.0 Å². The van der Waals surface area contributed by atoms with E-state index in [1.807, 2.05) is 24.3 Å². The third-order valence-electron chi connectivity index (χ3n) is 4.16. The smallest absolute Gasteiger partial charge is 0.0577 e. The van der Waals surface area contributed by atoms with E-state index in [1.165, 1.54) is 25.7 Å². The van der Waals surface area contributed by atoms with E-state index in [1.54, 1.807) is 0 Å². The van der Waals surface area contributed by atoms with Crippen LogP contribution in [0.5, 0.6) is 0 Å². The number of rotatable bonds is 5. The summed E-state index contributed by atoms with van der Waals surface area (Å²) >= 11 is 6.06. The number of hydrogen-bond acceptors (Lipinski definition) is 2. The van der Waals surface area contributed by atoms with Gasteiger partial charge in [-0.3, -0.25) is 4.21 Å². The molecule has 21 heavy (non-hydrogen) atoms. The van der Waals surface area contributed by atoms with E-state index in [0.29, 0.717) is 11.1 Å². The fraction of sp³-hybridized carbons (Fsp3) is 0.647. The van der Waals surface area contributed by atoms with Gasteiger partial charge in [0.2, 0.25) is 0 Å². The Morgan fingerprint density at radius 3 is 2.71 bits per heavy atom. The van der Waals surface area contributed by atoms with Crippen molar-refractivity contribution < 1.29 is 4.21 Å². The molecule has 1 saturated carbocycles. The monoisotopic (exact) mass is 327 g/mol. The van der Waals surface area contributed by atoms with Crippen LogP contribution in [-0.4, -0.2) is 22.0 Å². The summed E-state index contributed by atoms with van der Waals surface area (Å²) in [6.45, 7) is 3.19. The lowest BCUT2D eigenvalue weighted by Crippen LogP contribution is -2.43. The first-order valence-electron chi connectivity index (χ1n) is 8.12. The normalized spacial score (nSPS) is 25.0. The van der Waals surface area contributed by atoms with Crippen LogP contribution in [0.1, 0.15) is 51.9 Å². The van der Waals surface area contributed by atoms with Gasteiger partial charge in [-0.15, -0.1) is 0 Å². The van der Waals surface area contributed by atoms with Crippen molar-refractivity contribution in [1.29, 1.82) is 0 Å². The summed E-state index contributed by atoms with van der Waals surface area (Å²) in [6, 6.07) is 7.90. The van der Waals surface area contributed by atoms with Crippen LogP contribution in [-0.2, 0) is 10.8 Å². The molecule has 1 aliphatic carbocycles. The van der Waals surface area contributed by atoms with Crippen LogP contribution in [0.15, 0.2) is 29.2 Å². The van der Waals surface area contributed by atoms with Crippen LogP contribution < -0.4 is 5.32 Å². The first kappa shape index (κ1) is 17.0. The highest BCUT2D eigenvalue weighted by Gasteiger charge is 2.28. The van der Waals surface area contributed by atoms with Crippen LogP contribution >= 0.6 is 11.6 Å². The molecule has 0 heterocycles. The van der Waals surface area contributed by atoms with Crippen LogP contribution in [0.4, 0.5) is 0 Å². The number of hydrogen-bond donors (Lipinski definition) is 1. The van der Waals surface area contributed by atoms with E-state index in [2.05, 4.69) is 12.2 Å². The van der Waals surface area contributed by atoms with Gasteiger partial charge in [0.15, 0.2) is 0 Å². The van der Waals surface area contributed by atoms with Gasteiger partial charge in [-0.25, -0.2) is 0 Å². The first-order valence-corrected chi connectivity index (χ1v) is 9.71. The van der Waals surface area contributed by atoms with Gasteiger partial charge in [0.1, 0.15) is 0 Å². The molecular formula is C17H26ClNOS. The van der Waals surface area contributed by atoms with Gasteiger partial charge in [0.25, 0.3) is 0 Å². The van der Waals surface area contributed by atoms with Crippen molar-refractivity contribution in [1.82, 2.24) is 5.32 Å². The van der Waals surface area contributed by atoms with Gasteiger partial charge in [-0.05, 0) is 44.0 Å². The molecule has 0 bridgehead atoms. The van der Waals surface area contributed by atoms with E-state index in [4.69, 9.17) is 11.6 Å². The van der Waals surface area contributed by atoms with Gasteiger partial charge in [-0.1, -0.05) is 50.3 Å². The minimum Gasteiger partial charge on any atom is -0.313 e. The molecule has 1 fully saturated rings. The molecular weight excluding hydrogens is 302 g/mol. The third-order valence-corrected chi connectivity index (χ3v) is 6.23. The lowest BCUT2D eigenvalue weighted by Gasteiger charge is -2.29. The molecule has 1 aliphatic rings. The number of halogens is 1. The zero-order valence-electron chi connectivity index (χ0n) is 12.8. The van der Waals surface area contributed by atoms with E-state index in [-0.39, 0.29) is 5.25 Å². The zero-order valence-corrected chi connectivity index (χ0v) is 14.4. The summed E-state index contributed by atoms with van der Waals surface area (Å²) in [7, 11) is -0.979. The Kier molecular flexibility index (Phi) is 7.21. The van der Waals surface area contributed by atoms with Crippen LogP contribution in [0.2, 0.25) is 5.02 Å². The minimum atomic E-state index is -0.979. The Morgan fingerprint density at radius 2 is 2.00 bits per heavy atom. The average molecular weight is 328 g/mol. The molecule has 4 heteroatoms. The highest BCUT2D eigenvalue weighted by molar-refractivity contribution is 7.85. The molecule has 3 unspecified atom stereocenters. The summed E-state index contributed by atoms with van der Waals surface area (Å²) in [5.41, 5.74) is 0. The Bertz CT molecular complexity index is 464. The molecule has 0 radical (unpaired) electrons. The quantitative estimate of drug-likeness (QED) is 0.860. The molecule has 0 saturated heterocycles. The van der Waals surface area contributed by atoms with Gasteiger partial charge >= 0.3 is 0 Å². The molecule has 2 nitrogen and oxygen atoms in total. The van der Waals surface area contributed by atoms with Crippen molar-refractivity contribution >= 4 is 22.4 Å². The van der Waals surface area contributed by atoms with Crippen LogP contribution in [0, 0.1) is 0 Å². The predicted molar refractivity (Wildman–Crippen MR) is 91.4 cm³/mol. The first-order chi connectivity index (χ1) is 10.2. The van der Waals surface area contributed by atoms with Gasteiger partial charge in [0, 0.05) is 16.0 Å². The fourth-order valence-electron chi connectivity index (χ4n) is 3.04. The zero-order chi connectivity index (χ0) is 15.1. The second-order valence-electron chi connectivity index (χ2n) is 5.85. The topological polar surface area (TPSA) is 29.1 Å². The lowest BCUT2D eigenvalue weighted by atomic mass is 9.96. The average Bonchev–Trinajstić information content (AvgIpc) is 2.46. The van der Waals surface area contributed by atoms with Crippen molar-refractivity contribution in [3.8, 4) is 0 Å². The molecule has 0 aromatic heterocycles. The molecule has 1 aromatic rings. The number of benzene rings is 1. The molecule has 0 spiro atoms. The van der Waals surface area contributed by atoms with Crippen molar-refractivity contribution in [2.45, 2.75) is 68.1 Å². The molecule has 0 aliphatic heterocycles. The van der Waals surface area contributed by atoms with Gasteiger partial charge in [-0.2, -0.15) is 0 Å². The Hall–Kier alpha value is -0.380. The number of nitrogens with one attached hydrogen (secondary N) is 1. The van der Waals surface area contributed by atoms with E-state index < -0.39 is 10.8 Å². The molecule has 3 atom stereocenters. The predicted octanol–water partition coefficient (Wildman–Crippen LogP) is 4.54. The van der Waals surface area contributed by atoms with Gasteiger partial charge < -0.3 is 5.32 Å². The summed E-state index contributed by atoms with van der Waals surface area (Å²) in [5.74, 6) is 0.